The molecule has 9 nitrogen and oxygen atoms in total. The van der Waals surface area contributed by atoms with Crippen molar-refractivity contribution in [2.45, 2.75) is 26.0 Å². The second-order valence-electron chi connectivity index (χ2n) is 4.75. The van der Waals surface area contributed by atoms with Crippen LogP contribution in [-0.2, 0) is 15.8 Å². The molecular formula is C10H17N2O7P. The Labute approximate surface area is 114 Å². The lowest BCUT2D eigenvalue weighted by atomic mass is 10.1. The van der Waals surface area contributed by atoms with Gasteiger partial charge in [-0.1, -0.05) is 0 Å². The van der Waals surface area contributed by atoms with E-state index in [-0.39, 0.29) is 6.54 Å². The van der Waals surface area contributed by atoms with Crippen molar-refractivity contribution < 1.29 is 24.2 Å². The number of nitrogens with zero attached hydrogens (tertiary/aromatic N) is 1. The molecule has 0 aliphatic heterocycles. The summed E-state index contributed by atoms with van der Waals surface area (Å²) >= 11 is 0. The van der Waals surface area contributed by atoms with Crippen LogP contribution in [0.25, 0.3) is 0 Å². The number of nitrogens with one attached hydrogen (secondary N) is 1. The predicted octanol–water partition coefficient (Wildman–Crippen LogP) is -1.25. The lowest BCUT2D eigenvalue weighted by molar-refractivity contribution is -0.0636. The van der Waals surface area contributed by atoms with Crippen LogP contribution >= 0.6 is 7.60 Å². The van der Waals surface area contributed by atoms with E-state index in [4.69, 9.17) is 14.5 Å². The fourth-order valence-electron chi connectivity index (χ4n) is 1.48. The van der Waals surface area contributed by atoms with Crippen LogP contribution < -0.4 is 11.2 Å². The number of aliphatic hydroxyl groups is 1. The molecule has 0 saturated heterocycles. The van der Waals surface area contributed by atoms with Crippen molar-refractivity contribution in [2.75, 3.05) is 13.0 Å². The third-order valence-corrected chi connectivity index (χ3v) is 3.07. The first-order valence-corrected chi connectivity index (χ1v) is 7.46. The minimum absolute atomic E-state index is 0.167. The quantitative estimate of drug-likeness (QED) is 0.481. The maximum Gasteiger partial charge on any atom is 0.351 e. The third-order valence-electron chi connectivity index (χ3n) is 2.61. The van der Waals surface area contributed by atoms with Crippen molar-refractivity contribution in [3.63, 3.8) is 0 Å². The summed E-state index contributed by atoms with van der Waals surface area (Å²) in [5.41, 5.74) is -2.29. The van der Waals surface area contributed by atoms with E-state index in [9.17, 15) is 19.3 Å². The van der Waals surface area contributed by atoms with Crippen LogP contribution in [0.15, 0.2) is 15.8 Å². The van der Waals surface area contributed by atoms with Crippen LogP contribution in [-0.4, -0.2) is 43.0 Å². The molecule has 0 bridgehead atoms. The molecule has 114 valence electrons. The Bertz CT molecular complexity index is 631. The smallest absolute Gasteiger partial charge is 0.351 e. The van der Waals surface area contributed by atoms with Gasteiger partial charge in [0.05, 0.1) is 13.2 Å². The van der Waals surface area contributed by atoms with E-state index >= 15 is 0 Å². The fourth-order valence-corrected chi connectivity index (χ4v) is 1.96. The van der Waals surface area contributed by atoms with Crippen LogP contribution in [0.2, 0.25) is 0 Å². The van der Waals surface area contributed by atoms with Crippen molar-refractivity contribution in [3.8, 4) is 0 Å². The second-order valence-corrected chi connectivity index (χ2v) is 6.33. The zero-order valence-corrected chi connectivity index (χ0v) is 12.0. The van der Waals surface area contributed by atoms with Gasteiger partial charge >= 0.3 is 13.3 Å². The number of aliphatic hydroxyl groups excluding tert-OH is 1. The van der Waals surface area contributed by atoms with E-state index in [1.807, 2.05) is 0 Å². The molecule has 20 heavy (non-hydrogen) atoms. The summed E-state index contributed by atoms with van der Waals surface area (Å²) in [5.74, 6) is 0. The highest BCUT2D eigenvalue weighted by molar-refractivity contribution is 7.51. The number of ether oxygens (including phenoxy) is 1. The Morgan fingerprint density at radius 2 is 2.05 bits per heavy atom. The topological polar surface area (TPSA) is 142 Å². The van der Waals surface area contributed by atoms with Crippen molar-refractivity contribution >= 4 is 7.60 Å². The summed E-state index contributed by atoms with van der Waals surface area (Å²) in [6.07, 6.45) is 0.414. The summed E-state index contributed by atoms with van der Waals surface area (Å²) in [7, 11) is -4.39. The van der Waals surface area contributed by atoms with Crippen LogP contribution in [0.1, 0.15) is 12.5 Å². The molecule has 4 N–H and O–H groups in total. The molecule has 1 heterocycles. The van der Waals surface area contributed by atoms with Gasteiger partial charge in [0.2, 0.25) is 0 Å². The number of hydrogen-bond acceptors (Lipinski definition) is 5. The predicted molar refractivity (Wildman–Crippen MR) is 69.5 cm³/mol. The molecule has 0 aromatic carbocycles. The third kappa shape index (κ3) is 4.69. The Kier molecular flexibility index (Phi) is 5.06. The van der Waals surface area contributed by atoms with Gasteiger partial charge in [-0.3, -0.25) is 18.9 Å². The van der Waals surface area contributed by atoms with Gasteiger partial charge in [-0.15, -0.1) is 0 Å². The number of hydrogen-bond donors (Lipinski definition) is 4. The highest BCUT2D eigenvalue weighted by Crippen LogP contribution is 2.35. The van der Waals surface area contributed by atoms with E-state index in [1.54, 1.807) is 0 Å². The molecule has 0 fully saturated rings. The molecule has 10 heteroatoms. The molecule has 0 saturated carbocycles. The SMILES string of the molecule is Cc1cn(CC(C)(CO)OCP(=O)(O)O)c(=O)[nH]c1=O. The van der Waals surface area contributed by atoms with Gasteiger partial charge in [-0.05, 0) is 13.8 Å². The number of aromatic nitrogens is 2. The molecule has 0 aliphatic rings. The van der Waals surface area contributed by atoms with Crippen LogP contribution in [0.3, 0.4) is 0 Å². The van der Waals surface area contributed by atoms with E-state index in [0.29, 0.717) is 5.56 Å². The van der Waals surface area contributed by atoms with E-state index in [2.05, 4.69) is 4.98 Å². The van der Waals surface area contributed by atoms with Crippen LogP contribution in [0.5, 0.6) is 0 Å². The van der Waals surface area contributed by atoms with Crippen LogP contribution in [0, 0.1) is 6.92 Å². The highest BCUT2D eigenvalue weighted by Gasteiger charge is 2.29. The number of aryl methyl sites for hydroxylation is 1. The van der Waals surface area contributed by atoms with Crippen LogP contribution in [0.4, 0.5) is 0 Å². The van der Waals surface area contributed by atoms with Gasteiger partial charge in [0.15, 0.2) is 0 Å². The van der Waals surface area contributed by atoms with Crippen molar-refractivity contribution in [1.82, 2.24) is 9.55 Å². The summed E-state index contributed by atoms with van der Waals surface area (Å²) in [6.45, 7) is 2.18. The summed E-state index contributed by atoms with van der Waals surface area (Å²) in [5, 5.41) is 9.29. The summed E-state index contributed by atoms with van der Waals surface area (Å²) < 4.78 is 16.9. The lowest BCUT2D eigenvalue weighted by Gasteiger charge is -2.28. The van der Waals surface area contributed by atoms with Gasteiger partial charge in [0, 0.05) is 11.8 Å². The maximum absolute atomic E-state index is 11.6. The van der Waals surface area contributed by atoms with Crippen molar-refractivity contribution in [2.24, 2.45) is 0 Å². The summed E-state index contributed by atoms with van der Waals surface area (Å²) in [4.78, 5) is 42.5. The average Bonchev–Trinajstić information content (AvgIpc) is 2.33. The van der Waals surface area contributed by atoms with E-state index < -0.39 is 37.4 Å². The zero-order valence-electron chi connectivity index (χ0n) is 11.1. The fraction of sp³-hybridized carbons (Fsp3) is 0.600. The normalized spacial score (nSPS) is 15.1. The Morgan fingerprint density at radius 3 is 2.55 bits per heavy atom. The van der Waals surface area contributed by atoms with Crippen molar-refractivity contribution in [1.29, 1.82) is 0 Å². The molecular weight excluding hydrogens is 291 g/mol. The summed E-state index contributed by atoms with van der Waals surface area (Å²) in [6, 6.07) is 0. The molecule has 1 unspecified atom stereocenters. The monoisotopic (exact) mass is 308 g/mol. The van der Waals surface area contributed by atoms with Gasteiger partial charge in [0.25, 0.3) is 5.56 Å². The first-order chi connectivity index (χ1) is 9.06. The Hall–Kier alpha value is -1.25. The van der Waals surface area contributed by atoms with Crippen molar-refractivity contribution in [3.05, 3.63) is 32.6 Å². The number of H-pyrrole nitrogens is 1. The van der Waals surface area contributed by atoms with E-state index in [0.717, 1.165) is 4.57 Å². The Balaban J connectivity index is 2.98. The highest BCUT2D eigenvalue weighted by atomic mass is 31.2. The standard InChI is InChI=1S/C10H17N2O7P/c1-7-3-12(9(15)11-8(7)14)4-10(2,5-13)19-6-20(16,17)18/h3,13H,4-6H2,1-2H3,(H,11,14,15)(H2,16,17,18). The van der Waals surface area contributed by atoms with Gasteiger partial charge in [-0.25, -0.2) is 4.79 Å². The maximum atomic E-state index is 11.6. The molecule has 0 spiro atoms. The molecule has 0 amide bonds. The number of aromatic amines is 1. The minimum atomic E-state index is -4.39. The average molecular weight is 308 g/mol. The molecule has 0 aliphatic carbocycles. The largest absolute Gasteiger partial charge is 0.393 e. The van der Waals surface area contributed by atoms with E-state index in [1.165, 1.54) is 20.0 Å². The molecule has 1 rings (SSSR count). The first kappa shape index (κ1) is 16.8. The lowest BCUT2D eigenvalue weighted by Crippen LogP contribution is -2.43. The first-order valence-electron chi connectivity index (χ1n) is 5.66. The Morgan fingerprint density at radius 1 is 1.45 bits per heavy atom. The minimum Gasteiger partial charge on any atom is -0.393 e. The number of rotatable bonds is 6. The second kappa shape index (κ2) is 6.02. The zero-order chi connectivity index (χ0) is 15.6. The molecule has 1 aromatic rings. The molecule has 1 aromatic heterocycles. The molecule has 0 radical (unpaired) electrons. The van der Waals surface area contributed by atoms with Gasteiger partial charge in [-0.2, -0.15) is 0 Å². The molecule has 1 atom stereocenters. The van der Waals surface area contributed by atoms with Gasteiger partial charge in [0.1, 0.15) is 11.9 Å². The van der Waals surface area contributed by atoms with Gasteiger partial charge < -0.3 is 19.6 Å².